The predicted molar refractivity (Wildman–Crippen MR) is 79.7 cm³/mol. The predicted octanol–water partition coefficient (Wildman–Crippen LogP) is 2.89. The number of fused-ring (bicyclic) bond motifs is 1. The summed E-state index contributed by atoms with van der Waals surface area (Å²) >= 11 is 0. The molecule has 0 bridgehead atoms. The van der Waals surface area contributed by atoms with Crippen LogP contribution in [0.15, 0.2) is 18.2 Å². The zero-order valence-electron chi connectivity index (χ0n) is 11.7. The number of rotatable bonds is 1. The highest BCUT2D eigenvalue weighted by atomic mass is 31.0. The molecule has 3 atom stereocenters. The summed E-state index contributed by atoms with van der Waals surface area (Å²) in [4.78, 5) is 0. The van der Waals surface area contributed by atoms with Crippen molar-refractivity contribution in [2.45, 2.75) is 31.8 Å². The van der Waals surface area contributed by atoms with E-state index in [0.29, 0.717) is 5.92 Å². The van der Waals surface area contributed by atoms with Crippen LogP contribution in [0.25, 0.3) is 0 Å². The number of ether oxygens (including phenoxy) is 2. The van der Waals surface area contributed by atoms with Gasteiger partial charge in [-0.15, -0.1) is 0 Å². The number of methoxy groups -OCH3 is 1. The number of piperidine rings is 1. The van der Waals surface area contributed by atoms with Crippen LogP contribution < -0.4 is 9.47 Å². The lowest BCUT2D eigenvalue weighted by molar-refractivity contribution is -0.0407. The maximum atomic E-state index is 6.45. The Balaban J connectivity index is 1.88. The number of nitrogens with zero attached hydrogens (tertiary/aromatic N) is 1. The van der Waals surface area contributed by atoms with Gasteiger partial charge in [0.25, 0.3) is 0 Å². The van der Waals surface area contributed by atoms with Crippen LogP contribution in [0, 0.1) is 5.92 Å². The van der Waals surface area contributed by atoms with Crippen molar-refractivity contribution in [2.24, 2.45) is 5.92 Å². The van der Waals surface area contributed by atoms with E-state index in [4.69, 9.17) is 9.47 Å². The highest BCUT2D eigenvalue weighted by Gasteiger charge is 2.44. The SMILES string of the molecule is COc1ccc2c(c1)OC1(CC2)CCN(P)CC1C. The van der Waals surface area contributed by atoms with E-state index in [-0.39, 0.29) is 5.60 Å². The van der Waals surface area contributed by atoms with E-state index in [1.807, 2.05) is 12.1 Å². The van der Waals surface area contributed by atoms with Crippen molar-refractivity contribution in [3.05, 3.63) is 23.8 Å². The molecule has 0 N–H and O–H groups in total. The van der Waals surface area contributed by atoms with Crippen molar-refractivity contribution in [3.8, 4) is 11.5 Å². The molecule has 2 aliphatic rings. The fraction of sp³-hybridized carbons (Fsp3) is 0.600. The second-order valence-corrected chi connectivity index (χ2v) is 6.52. The Labute approximate surface area is 117 Å². The van der Waals surface area contributed by atoms with E-state index in [2.05, 4.69) is 27.1 Å². The Morgan fingerprint density at radius 2 is 2.26 bits per heavy atom. The van der Waals surface area contributed by atoms with Crippen LogP contribution in [0.5, 0.6) is 11.5 Å². The molecule has 3 nitrogen and oxygen atoms in total. The molecule has 0 amide bonds. The van der Waals surface area contributed by atoms with Crippen LogP contribution in [0.4, 0.5) is 0 Å². The highest BCUT2D eigenvalue weighted by molar-refractivity contribution is 7.13. The second-order valence-electron chi connectivity index (χ2n) is 5.79. The molecule has 3 rings (SSSR count). The lowest BCUT2D eigenvalue weighted by Gasteiger charge is -2.48. The van der Waals surface area contributed by atoms with E-state index in [1.165, 1.54) is 5.56 Å². The van der Waals surface area contributed by atoms with E-state index in [1.54, 1.807) is 7.11 Å². The quantitative estimate of drug-likeness (QED) is 0.738. The Morgan fingerprint density at radius 3 is 3.00 bits per heavy atom. The molecule has 0 saturated carbocycles. The largest absolute Gasteiger partial charge is 0.497 e. The molecule has 2 heterocycles. The molecule has 19 heavy (non-hydrogen) atoms. The van der Waals surface area contributed by atoms with Gasteiger partial charge in [0.1, 0.15) is 17.1 Å². The van der Waals surface area contributed by atoms with Crippen LogP contribution in [0.1, 0.15) is 25.3 Å². The van der Waals surface area contributed by atoms with Crippen LogP contribution in [-0.4, -0.2) is 30.5 Å². The van der Waals surface area contributed by atoms with Crippen molar-refractivity contribution in [1.29, 1.82) is 0 Å². The first-order valence-corrected chi connectivity index (χ1v) is 7.50. The maximum Gasteiger partial charge on any atom is 0.127 e. The minimum Gasteiger partial charge on any atom is -0.497 e. The van der Waals surface area contributed by atoms with Gasteiger partial charge in [0.2, 0.25) is 0 Å². The van der Waals surface area contributed by atoms with Crippen LogP contribution in [-0.2, 0) is 6.42 Å². The van der Waals surface area contributed by atoms with Crippen LogP contribution in [0.3, 0.4) is 0 Å². The number of hydrogen-bond acceptors (Lipinski definition) is 3. The van der Waals surface area contributed by atoms with Crippen LogP contribution in [0.2, 0.25) is 0 Å². The van der Waals surface area contributed by atoms with Crippen LogP contribution >= 0.6 is 9.39 Å². The monoisotopic (exact) mass is 279 g/mol. The molecule has 1 aromatic carbocycles. The first-order valence-electron chi connectivity index (χ1n) is 6.98. The van der Waals surface area contributed by atoms with Gasteiger partial charge >= 0.3 is 0 Å². The molecular formula is C15H22NO2P. The summed E-state index contributed by atoms with van der Waals surface area (Å²) in [6.45, 7) is 4.49. The highest BCUT2D eigenvalue weighted by Crippen LogP contribution is 2.43. The van der Waals surface area contributed by atoms with Gasteiger partial charge in [0.15, 0.2) is 0 Å². The lowest BCUT2D eigenvalue weighted by Crippen LogP contribution is -2.53. The fourth-order valence-corrected chi connectivity index (χ4v) is 3.74. The summed E-state index contributed by atoms with van der Waals surface area (Å²) in [5.41, 5.74) is 1.33. The standard InChI is InChI=1S/C15H22NO2P/c1-11-10-16(19)8-7-15(11)6-5-12-3-4-13(17-2)9-14(12)18-15/h3-4,9,11H,5-8,10,19H2,1-2H3. The molecule has 1 aromatic rings. The third kappa shape index (κ3) is 2.34. The summed E-state index contributed by atoms with van der Waals surface area (Å²) in [5.74, 6) is 2.46. The van der Waals surface area contributed by atoms with Crippen molar-refractivity contribution in [2.75, 3.05) is 20.2 Å². The molecule has 0 aromatic heterocycles. The second kappa shape index (κ2) is 4.96. The topological polar surface area (TPSA) is 21.7 Å². The summed E-state index contributed by atoms with van der Waals surface area (Å²) in [5, 5.41) is 0. The average Bonchev–Trinajstić information content (AvgIpc) is 2.43. The first kappa shape index (κ1) is 13.2. The van der Waals surface area contributed by atoms with Gasteiger partial charge in [-0.05, 0) is 24.5 Å². The minimum atomic E-state index is 0.0203. The smallest absolute Gasteiger partial charge is 0.127 e. The third-order valence-electron chi connectivity index (χ3n) is 4.63. The van der Waals surface area contributed by atoms with Crippen molar-refractivity contribution in [3.63, 3.8) is 0 Å². The van der Waals surface area contributed by atoms with Gasteiger partial charge in [0.05, 0.1) is 7.11 Å². The van der Waals surface area contributed by atoms with E-state index < -0.39 is 0 Å². The van der Waals surface area contributed by atoms with E-state index in [9.17, 15) is 0 Å². The van der Waals surface area contributed by atoms with Gasteiger partial charge in [-0.1, -0.05) is 22.4 Å². The first-order chi connectivity index (χ1) is 9.13. The molecule has 104 valence electrons. The Morgan fingerprint density at radius 1 is 1.42 bits per heavy atom. The maximum absolute atomic E-state index is 6.45. The van der Waals surface area contributed by atoms with Gasteiger partial charge in [-0.2, -0.15) is 0 Å². The molecule has 4 heteroatoms. The zero-order valence-corrected chi connectivity index (χ0v) is 12.8. The van der Waals surface area contributed by atoms with Crippen molar-refractivity contribution < 1.29 is 9.47 Å². The van der Waals surface area contributed by atoms with Crippen molar-refractivity contribution >= 4 is 9.39 Å². The fourth-order valence-electron chi connectivity index (χ4n) is 3.29. The summed E-state index contributed by atoms with van der Waals surface area (Å²) < 4.78 is 14.1. The Kier molecular flexibility index (Phi) is 3.44. The Hall–Kier alpha value is -0.790. The molecular weight excluding hydrogens is 257 g/mol. The normalized spacial score (nSPS) is 30.8. The van der Waals surface area contributed by atoms with Crippen molar-refractivity contribution in [1.82, 2.24) is 4.67 Å². The van der Waals surface area contributed by atoms with Gasteiger partial charge in [0, 0.05) is 31.5 Å². The Bertz CT molecular complexity index is 479. The molecule has 1 spiro atoms. The summed E-state index contributed by atoms with van der Waals surface area (Å²) in [6.07, 6.45) is 3.35. The number of aryl methyl sites for hydroxylation is 1. The summed E-state index contributed by atoms with van der Waals surface area (Å²) in [6, 6.07) is 6.20. The van der Waals surface area contributed by atoms with Gasteiger partial charge < -0.3 is 9.47 Å². The van der Waals surface area contributed by atoms with Gasteiger partial charge in [-0.3, -0.25) is 4.67 Å². The molecule has 0 aliphatic carbocycles. The lowest BCUT2D eigenvalue weighted by atomic mass is 9.77. The molecule has 1 fully saturated rings. The molecule has 0 radical (unpaired) electrons. The van der Waals surface area contributed by atoms with E-state index in [0.717, 1.165) is 43.9 Å². The van der Waals surface area contributed by atoms with Gasteiger partial charge in [-0.25, -0.2) is 0 Å². The minimum absolute atomic E-state index is 0.0203. The third-order valence-corrected chi connectivity index (χ3v) is 5.10. The van der Waals surface area contributed by atoms with E-state index >= 15 is 0 Å². The molecule has 1 saturated heterocycles. The zero-order chi connectivity index (χ0) is 13.5. The number of hydrogen-bond donors (Lipinski definition) is 0. The average molecular weight is 279 g/mol. The summed E-state index contributed by atoms with van der Waals surface area (Å²) in [7, 11) is 4.52. The number of benzene rings is 1. The molecule has 2 aliphatic heterocycles. The molecule has 3 unspecified atom stereocenters.